The van der Waals surface area contributed by atoms with Crippen LogP contribution in [0.5, 0.6) is 0 Å². The summed E-state index contributed by atoms with van der Waals surface area (Å²) in [7, 11) is 0. The molecule has 2 heteroatoms. The first-order valence-electron chi connectivity index (χ1n) is 4.21. The van der Waals surface area contributed by atoms with Gasteiger partial charge in [0.25, 0.3) is 0 Å². The van der Waals surface area contributed by atoms with Gasteiger partial charge < -0.3 is 5.11 Å². The first-order chi connectivity index (χ1) is 5.20. The van der Waals surface area contributed by atoms with Gasteiger partial charge in [0.05, 0.1) is 6.10 Å². The van der Waals surface area contributed by atoms with Crippen molar-refractivity contribution in [3.05, 3.63) is 11.1 Å². The Morgan fingerprint density at radius 3 is 2.64 bits per heavy atom. The highest BCUT2D eigenvalue weighted by Gasteiger charge is 2.22. The van der Waals surface area contributed by atoms with E-state index < -0.39 is 0 Å². The van der Waals surface area contributed by atoms with E-state index in [0.29, 0.717) is 5.92 Å². The molecule has 0 amide bonds. The Bertz CT molecular complexity index is 144. The molecule has 1 N–H and O–H groups in total. The number of allylic oxidation sites excluding steroid dienone is 1. The molecule has 0 aromatic carbocycles. The van der Waals surface area contributed by atoms with Gasteiger partial charge in [-0.15, -0.1) is 0 Å². The van der Waals surface area contributed by atoms with Gasteiger partial charge >= 0.3 is 0 Å². The van der Waals surface area contributed by atoms with E-state index in [-0.39, 0.29) is 6.10 Å². The minimum Gasteiger partial charge on any atom is -0.393 e. The molecule has 64 valence electrons. The van der Waals surface area contributed by atoms with Crippen molar-refractivity contribution in [3.63, 3.8) is 0 Å². The van der Waals surface area contributed by atoms with Crippen molar-refractivity contribution >= 4 is 15.9 Å². The normalized spacial score (nSPS) is 31.8. The monoisotopic (exact) mass is 218 g/mol. The van der Waals surface area contributed by atoms with E-state index in [0.717, 1.165) is 23.7 Å². The molecular formula is C9H15BrO. The van der Waals surface area contributed by atoms with E-state index in [4.69, 9.17) is 0 Å². The first kappa shape index (κ1) is 9.27. The molecule has 11 heavy (non-hydrogen) atoms. The van der Waals surface area contributed by atoms with Gasteiger partial charge in [-0.05, 0) is 29.7 Å². The van der Waals surface area contributed by atoms with Crippen LogP contribution in [0.4, 0.5) is 0 Å². The SMILES string of the molecule is C=C(Br)CC1CCCCC1O. The highest BCUT2D eigenvalue weighted by Crippen LogP contribution is 2.30. The van der Waals surface area contributed by atoms with Gasteiger partial charge in [-0.3, -0.25) is 0 Å². The van der Waals surface area contributed by atoms with Crippen molar-refractivity contribution in [1.29, 1.82) is 0 Å². The van der Waals surface area contributed by atoms with Gasteiger partial charge in [0.2, 0.25) is 0 Å². The van der Waals surface area contributed by atoms with Crippen LogP contribution in [0, 0.1) is 5.92 Å². The maximum Gasteiger partial charge on any atom is 0.0571 e. The lowest BCUT2D eigenvalue weighted by Gasteiger charge is -2.27. The summed E-state index contributed by atoms with van der Waals surface area (Å²) in [5.74, 6) is 0.454. The molecule has 1 nitrogen and oxygen atoms in total. The molecule has 1 aliphatic rings. The number of aliphatic hydroxyl groups excluding tert-OH is 1. The van der Waals surface area contributed by atoms with Crippen LogP contribution < -0.4 is 0 Å². The molecule has 0 saturated heterocycles. The van der Waals surface area contributed by atoms with Gasteiger partial charge in [-0.25, -0.2) is 0 Å². The number of hydrogen-bond donors (Lipinski definition) is 1. The zero-order chi connectivity index (χ0) is 8.27. The Balaban J connectivity index is 2.35. The van der Waals surface area contributed by atoms with E-state index in [9.17, 15) is 5.11 Å². The molecule has 1 rings (SSSR count). The molecule has 0 radical (unpaired) electrons. The molecule has 2 unspecified atom stereocenters. The number of hydrogen-bond acceptors (Lipinski definition) is 1. The molecule has 2 atom stereocenters. The summed E-state index contributed by atoms with van der Waals surface area (Å²) in [6.45, 7) is 3.79. The van der Waals surface area contributed by atoms with Crippen molar-refractivity contribution in [2.45, 2.75) is 38.2 Å². The quantitative estimate of drug-likeness (QED) is 0.757. The Hall–Kier alpha value is 0.180. The Morgan fingerprint density at radius 2 is 2.09 bits per heavy atom. The van der Waals surface area contributed by atoms with Crippen LogP contribution in [0.1, 0.15) is 32.1 Å². The van der Waals surface area contributed by atoms with Crippen molar-refractivity contribution in [1.82, 2.24) is 0 Å². The number of rotatable bonds is 2. The third-order valence-corrected chi connectivity index (χ3v) is 2.68. The fourth-order valence-corrected chi connectivity index (χ4v) is 2.13. The second-order valence-electron chi connectivity index (χ2n) is 3.33. The predicted molar refractivity (Wildman–Crippen MR) is 50.6 cm³/mol. The molecule has 0 aromatic heterocycles. The van der Waals surface area contributed by atoms with E-state index in [1.54, 1.807) is 0 Å². The molecular weight excluding hydrogens is 204 g/mol. The van der Waals surface area contributed by atoms with Crippen LogP contribution in [-0.2, 0) is 0 Å². The predicted octanol–water partition coefficient (Wildman–Crippen LogP) is 2.84. The second kappa shape index (κ2) is 4.27. The summed E-state index contributed by atoms with van der Waals surface area (Å²) in [6, 6.07) is 0. The van der Waals surface area contributed by atoms with Crippen molar-refractivity contribution in [2.75, 3.05) is 0 Å². The molecule has 0 bridgehead atoms. The van der Waals surface area contributed by atoms with Gasteiger partial charge in [0, 0.05) is 0 Å². The molecule has 1 saturated carbocycles. The van der Waals surface area contributed by atoms with Crippen molar-refractivity contribution in [3.8, 4) is 0 Å². The Morgan fingerprint density at radius 1 is 1.45 bits per heavy atom. The maximum atomic E-state index is 9.56. The van der Waals surface area contributed by atoms with Gasteiger partial charge in [-0.2, -0.15) is 0 Å². The third-order valence-electron chi connectivity index (χ3n) is 2.35. The van der Waals surface area contributed by atoms with Crippen LogP contribution in [0.3, 0.4) is 0 Å². The van der Waals surface area contributed by atoms with Crippen LogP contribution >= 0.6 is 15.9 Å². The zero-order valence-corrected chi connectivity index (χ0v) is 8.31. The Labute approximate surface area is 76.6 Å². The zero-order valence-electron chi connectivity index (χ0n) is 6.72. The smallest absolute Gasteiger partial charge is 0.0571 e. The van der Waals surface area contributed by atoms with E-state index in [1.165, 1.54) is 12.8 Å². The lowest BCUT2D eigenvalue weighted by atomic mass is 9.84. The van der Waals surface area contributed by atoms with Crippen LogP contribution in [0.2, 0.25) is 0 Å². The van der Waals surface area contributed by atoms with Crippen LogP contribution in [0.25, 0.3) is 0 Å². The first-order valence-corrected chi connectivity index (χ1v) is 5.01. The summed E-state index contributed by atoms with van der Waals surface area (Å²) in [5.41, 5.74) is 0. The van der Waals surface area contributed by atoms with E-state index in [2.05, 4.69) is 22.5 Å². The fraction of sp³-hybridized carbons (Fsp3) is 0.778. The van der Waals surface area contributed by atoms with Gasteiger partial charge in [0.15, 0.2) is 0 Å². The molecule has 1 aliphatic carbocycles. The highest BCUT2D eigenvalue weighted by molar-refractivity contribution is 9.11. The molecule has 0 spiro atoms. The molecule has 0 aromatic rings. The van der Waals surface area contributed by atoms with E-state index >= 15 is 0 Å². The molecule has 1 fully saturated rings. The summed E-state index contributed by atoms with van der Waals surface area (Å²) >= 11 is 3.33. The maximum absolute atomic E-state index is 9.56. The van der Waals surface area contributed by atoms with Crippen molar-refractivity contribution in [2.24, 2.45) is 5.92 Å². The standard InChI is InChI=1S/C9H15BrO/c1-7(10)6-8-4-2-3-5-9(8)11/h8-9,11H,1-6H2. The number of aliphatic hydroxyl groups is 1. The minimum absolute atomic E-state index is 0.0851. The van der Waals surface area contributed by atoms with Crippen LogP contribution in [-0.4, -0.2) is 11.2 Å². The number of halogens is 1. The van der Waals surface area contributed by atoms with Crippen LogP contribution in [0.15, 0.2) is 11.1 Å². The third kappa shape index (κ3) is 2.96. The van der Waals surface area contributed by atoms with Gasteiger partial charge in [0.1, 0.15) is 0 Å². The lowest BCUT2D eigenvalue weighted by Crippen LogP contribution is -2.24. The average Bonchev–Trinajstić information content (AvgIpc) is 1.93. The van der Waals surface area contributed by atoms with Gasteiger partial charge in [-0.1, -0.05) is 35.4 Å². The summed E-state index contributed by atoms with van der Waals surface area (Å²) < 4.78 is 1.02. The van der Waals surface area contributed by atoms with Crippen molar-refractivity contribution < 1.29 is 5.11 Å². The van der Waals surface area contributed by atoms with E-state index in [1.807, 2.05) is 0 Å². The average molecular weight is 219 g/mol. The summed E-state index contributed by atoms with van der Waals surface area (Å²) in [5, 5.41) is 9.56. The lowest BCUT2D eigenvalue weighted by molar-refractivity contribution is 0.0711. The minimum atomic E-state index is -0.0851. The molecule has 0 aliphatic heterocycles. The topological polar surface area (TPSA) is 20.2 Å². The second-order valence-corrected chi connectivity index (χ2v) is 4.45. The largest absolute Gasteiger partial charge is 0.393 e. The highest BCUT2D eigenvalue weighted by atomic mass is 79.9. The fourth-order valence-electron chi connectivity index (χ4n) is 1.71. The summed E-state index contributed by atoms with van der Waals surface area (Å²) in [6.07, 6.45) is 5.44. The summed E-state index contributed by atoms with van der Waals surface area (Å²) in [4.78, 5) is 0. The molecule has 0 heterocycles. The Kier molecular flexibility index (Phi) is 3.60.